The Bertz CT molecular complexity index is 376. The van der Waals surface area contributed by atoms with E-state index >= 15 is 0 Å². The molecule has 78 valence electrons. The molecule has 5 heteroatoms. The lowest BCUT2D eigenvalue weighted by Gasteiger charge is -2.10. The van der Waals surface area contributed by atoms with E-state index in [2.05, 4.69) is 9.97 Å². The van der Waals surface area contributed by atoms with E-state index in [-0.39, 0.29) is 11.7 Å². The summed E-state index contributed by atoms with van der Waals surface area (Å²) in [5.41, 5.74) is 0.740. The van der Waals surface area contributed by atoms with Crippen LogP contribution >= 0.6 is 22.6 Å². The minimum atomic E-state index is -0.176. The molecule has 0 aliphatic heterocycles. The van der Waals surface area contributed by atoms with Crippen LogP contribution in [0.15, 0.2) is 4.79 Å². The van der Waals surface area contributed by atoms with Gasteiger partial charge in [0.25, 0.3) is 5.56 Å². The molecule has 1 rings (SSSR count). The number of rotatable bonds is 3. The second-order valence-corrected chi connectivity index (χ2v) is 4.02. The molecule has 1 unspecified atom stereocenters. The molecule has 1 N–H and O–H groups in total. The van der Waals surface area contributed by atoms with Crippen molar-refractivity contribution in [2.75, 3.05) is 7.11 Å². The van der Waals surface area contributed by atoms with Gasteiger partial charge in [-0.2, -0.15) is 0 Å². The van der Waals surface area contributed by atoms with Gasteiger partial charge in [0.2, 0.25) is 0 Å². The van der Waals surface area contributed by atoms with Crippen LogP contribution in [0.2, 0.25) is 0 Å². The van der Waals surface area contributed by atoms with Crippen molar-refractivity contribution >= 4 is 22.6 Å². The smallest absolute Gasteiger partial charge is 0.264 e. The quantitative estimate of drug-likeness (QED) is 0.864. The van der Waals surface area contributed by atoms with Crippen molar-refractivity contribution < 1.29 is 4.74 Å². The number of H-pyrrole nitrogens is 1. The summed E-state index contributed by atoms with van der Waals surface area (Å²) in [6.45, 7) is 3.83. The highest BCUT2D eigenvalue weighted by Crippen LogP contribution is 2.12. The third-order valence-corrected chi connectivity index (χ3v) is 3.14. The number of nitrogens with one attached hydrogen (secondary N) is 1. The molecule has 0 spiro atoms. The van der Waals surface area contributed by atoms with Gasteiger partial charge in [0.1, 0.15) is 11.9 Å². The first-order valence-electron chi connectivity index (χ1n) is 4.41. The molecule has 0 radical (unpaired) electrons. The number of aromatic nitrogens is 2. The summed E-state index contributed by atoms with van der Waals surface area (Å²) >= 11 is 2.01. The van der Waals surface area contributed by atoms with Crippen molar-refractivity contribution in [2.24, 2.45) is 0 Å². The first kappa shape index (κ1) is 11.6. The summed E-state index contributed by atoms with van der Waals surface area (Å²) in [5.74, 6) is 0.592. The van der Waals surface area contributed by atoms with Crippen molar-refractivity contribution in [3.05, 3.63) is 25.4 Å². The Labute approximate surface area is 96.2 Å². The normalized spacial score (nSPS) is 12.9. The van der Waals surface area contributed by atoms with Crippen LogP contribution in [0.25, 0.3) is 0 Å². The third-order valence-electron chi connectivity index (χ3n) is 2.02. The predicted octanol–water partition coefficient (Wildman–Crippen LogP) is 1.64. The molecular weight excluding hydrogens is 295 g/mol. The highest BCUT2D eigenvalue weighted by Gasteiger charge is 2.11. The van der Waals surface area contributed by atoms with Gasteiger partial charge in [0.15, 0.2) is 0 Å². The second kappa shape index (κ2) is 4.88. The molecule has 0 saturated heterocycles. The highest BCUT2D eigenvalue weighted by molar-refractivity contribution is 14.1. The molecular formula is C9H13IN2O2. The van der Waals surface area contributed by atoms with Gasteiger partial charge in [-0.3, -0.25) is 4.79 Å². The van der Waals surface area contributed by atoms with Crippen LogP contribution in [0.1, 0.15) is 31.5 Å². The zero-order valence-corrected chi connectivity index (χ0v) is 10.6. The van der Waals surface area contributed by atoms with Gasteiger partial charge in [0, 0.05) is 7.11 Å². The summed E-state index contributed by atoms with van der Waals surface area (Å²) in [6, 6.07) is 0. The van der Waals surface area contributed by atoms with E-state index in [4.69, 9.17) is 4.74 Å². The SMILES string of the molecule is CCc1nc(C(C)OC)[nH]c(=O)c1I. The van der Waals surface area contributed by atoms with Crippen molar-refractivity contribution in [1.29, 1.82) is 0 Å². The first-order chi connectivity index (χ1) is 6.60. The summed E-state index contributed by atoms with van der Waals surface area (Å²) in [6.07, 6.45) is 0.580. The van der Waals surface area contributed by atoms with Crippen molar-refractivity contribution in [3.63, 3.8) is 0 Å². The summed E-state index contributed by atoms with van der Waals surface area (Å²) in [4.78, 5) is 18.5. The third kappa shape index (κ3) is 2.33. The van der Waals surface area contributed by atoms with E-state index < -0.39 is 0 Å². The molecule has 1 aromatic heterocycles. The van der Waals surface area contributed by atoms with Crippen LogP contribution in [0.4, 0.5) is 0 Å². The van der Waals surface area contributed by atoms with Gasteiger partial charge in [-0.15, -0.1) is 0 Å². The largest absolute Gasteiger partial charge is 0.374 e. The fourth-order valence-corrected chi connectivity index (χ4v) is 1.70. The minimum absolute atomic E-state index is 0.0867. The minimum Gasteiger partial charge on any atom is -0.374 e. The van der Waals surface area contributed by atoms with Gasteiger partial charge in [0.05, 0.1) is 9.26 Å². The zero-order valence-electron chi connectivity index (χ0n) is 8.43. The van der Waals surface area contributed by atoms with Gasteiger partial charge in [-0.25, -0.2) is 4.98 Å². The molecule has 0 aliphatic carbocycles. The van der Waals surface area contributed by atoms with Crippen LogP contribution in [0.3, 0.4) is 0 Å². The van der Waals surface area contributed by atoms with E-state index in [1.807, 2.05) is 36.4 Å². The lowest BCUT2D eigenvalue weighted by molar-refractivity contribution is 0.111. The second-order valence-electron chi connectivity index (χ2n) is 2.94. The van der Waals surface area contributed by atoms with Crippen LogP contribution in [0.5, 0.6) is 0 Å². The van der Waals surface area contributed by atoms with Crippen molar-refractivity contribution in [3.8, 4) is 0 Å². The lowest BCUT2D eigenvalue weighted by Crippen LogP contribution is -2.19. The number of aryl methyl sites for hydroxylation is 1. The highest BCUT2D eigenvalue weighted by atomic mass is 127. The Balaban J connectivity index is 3.23. The Hall–Kier alpha value is -0.430. The molecule has 0 saturated carbocycles. The van der Waals surface area contributed by atoms with Crippen LogP contribution < -0.4 is 5.56 Å². The summed E-state index contributed by atoms with van der Waals surface area (Å²) in [7, 11) is 1.59. The number of hydrogen-bond acceptors (Lipinski definition) is 3. The fourth-order valence-electron chi connectivity index (χ4n) is 1.06. The Kier molecular flexibility index (Phi) is 4.06. The Morgan fingerprint density at radius 3 is 2.79 bits per heavy atom. The predicted molar refractivity (Wildman–Crippen MR) is 62.4 cm³/mol. The van der Waals surface area contributed by atoms with E-state index in [1.165, 1.54) is 0 Å². The number of methoxy groups -OCH3 is 1. The molecule has 14 heavy (non-hydrogen) atoms. The van der Waals surface area contributed by atoms with E-state index in [9.17, 15) is 4.79 Å². The number of aromatic amines is 1. The molecule has 0 amide bonds. The van der Waals surface area contributed by atoms with Crippen molar-refractivity contribution in [2.45, 2.75) is 26.4 Å². The molecule has 1 atom stereocenters. The molecule has 4 nitrogen and oxygen atoms in total. The van der Waals surface area contributed by atoms with Crippen LogP contribution in [-0.4, -0.2) is 17.1 Å². The molecule has 0 aromatic carbocycles. The number of halogens is 1. The fraction of sp³-hybridized carbons (Fsp3) is 0.556. The molecule has 0 fully saturated rings. The zero-order chi connectivity index (χ0) is 10.7. The van der Waals surface area contributed by atoms with Crippen LogP contribution in [0, 0.1) is 3.57 Å². The molecule has 0 aliphatic rings. The van der Waals surface area contributed by atoms with E-state index in [1.54, 1.807) is 7.11 Å². The van der Waals surface area contributed by atoms with Gasteiger partial charge in [-0.1, -0.05) is 6.92 Å². The Morgan fingerprint density at radius 1 is 1.64 bits per heavy atom. The van der Waals surface area contributed by atoms with Crippen LogP contribution in [-0.2, 0) is 11.2 Å². The summed E-state index contributed by atoms with van der Waals surface area (Å²) < 4.78 is 5.76. The molecule has 0 bridgehead atoms. The maximum absolute atomic E-state index is 11.5. The summed E-state index contributed by atoms with van der Waals surface area (Å²) in [5, 5.41) is 0. The maximum atomic E-state index is 11.5. The first-order valence-corrected chi connectivity index (χ1v) is 5.49. The Morgan fingerprint density at radius 2 is 2.29 bits per heavy atom. The molecule has 1 heterocycles. The number of hydrogen-bond donors (Lipinski definition) is 1. The van der Waals surface area contributed by atoms with Crippen molar-refractivity contribution in [1.82, 2.24) is 9.97 Å². The molecule has 1 aromatic rings. The number of ether oxygens (including phenoxy) is 1. The monoisotopic (exact) mass is 308 g/mol. The van der Waals surface area contributed by atoms with E-state index in [0.29, 0.717) is 9.39 Å². The standard InChI is InChI=1S/C9H13IN2O2/c1-4-6-7(10)9(13)12-8(11-6)5(2)14-3/h5H,4H2,1-3H3,(H,11,12,13). The average Bonchev–Trinajstić information content (AvgIpc) is 2.20. The maximum Gasteiger partial charge on any atom is 0.264 e. The van der Waals surface area contributed by atoms with Gasteiger partial charge < -0.3 is 9.72 Å². The topological polar surface area (TPSA) is 55.0 Å². The van der Waals surface area contributed by atoms with Gasteiger partial charge >= 0.3 is 0 Å². The lowest BCUT2D eigenvalue weighted by atomic mass is 10.3. The average molecular weight is 308 g/mol. The van der Waals surface area contributed by atoms with Gasteiger partial charge in [-0.05, 0) is 35.9 Å². The van der Waals surface area contributed by atoms with E-state index in [0.717, 1.165) is 12.1 Å². The number of nitrogens with zero attached hydrogens (tertiary/aromatic N) is 1.